The largest absolute Gasteiger partial charge is 0.378 e. The number of aryl methyl sites for hydroxylation is 1. The smallest absolute Gasteiger partial charge is 0.165 e. The van der Waals surface area contributed by atoms with Crippen molar-refractivity contribution in [2.24, 2.45) is 17.8 Å². The second kappa shape index (κ2) is 13.4. The van der Waals surface area contributed by atoms with Crippen LogP contribution in [0.3, 0.4) is 0 Å². The minimum atomic E-state index is -0.716. The van der Waals surface area contributed by atoms with E-state index in [1.807, 2.05) is 6.92 Å². The van der Waals surface area contributed by atoms with Crippen molar-refractivity contribution >= 4 is 0 Å². The van der Waals surface area contributed by atoms with E-state index in [9.17, 15) is 17.6 Å². The van der Waals surface area contributed by atoms with Gasteiger partial charge in [0, 0.05) is 12.2 Å². The normalized spacial score (nSPS) is 31.7. The van der Waals surface area contributed by atoms with Gasteiger partial charge in [-0.3, -0.25) is 0 Å². The number of halogens is 4. The summed E-state index contributed by atoms with van der Waals surface area (Å²) in [5.41, 5.74) is 1.93. The van der Waals surface area contributed by atoms with Gasteiger partial charge >= 0.3 is 0 Å². The number of rotatable bonds is 9. The molecule has 3 aliphatic carbocycles. The first-order valence-electron chi connectivity index (χ1n) is 16.6. The van der Waals surface area contributed by atoms with Crippen molar-refractivity contribution in [1.29, 1.82) is 0 Å². The molecule has 2 nitrogen and oxygen atoms in total. The lowest BCUT2D eigenvalue weighted by Gasteiger charge is -2.38. The topological polar surface area (TPSA) is 21.8 Å². The van der Waals surface area contributed by atoms with Gasteiger partial charge in [0.15, 0.2) is 23.3 Å². The van der Waals surface area contributed by atoms with Crippen molar-refractivity contribution in [3.8, 4) is 0 Å². The molecule has 0 bridgehead atoms. The van der Waals surface area contributed by atoms with Gasteiger partial charge < -0.3 is 9.47 Å². The molecule has 4 aliphatic rings. The molecule has 1 heterocycles. The van der Waals surface area contributed by atoms with E-state index in [0.29, 0.717) is 47.1 Å². The molecule has 230 valence electrons. The van der Waals surface area contributed by atoms with Crippen LogP contribution in [-0.4, -0.2) is 19.3 Å². The molecule has 0 N–H and O–H groups in total. The molecule has 2 aromatic carbocycles. The Morgan fingerprint density at radius 3 is 1.74 bits per heavy atom. The molecule has 0 amide bonds. The lowest BCUT2D eigenvalue weighted by Crippen LogP contribution is -2.29. The summed E-state index contributed by atoms with van der Waals surface area (Å²) < 4.78 is 70.1. The van der Waals surface area contributed by atoms with Gasteiger partial charge in [-0.25, -0.2) is 17.6 Å². The van der Waals surface area contributed by atoms with Gasteiger partial charge in [-0.2, -0.15) is 0 Å². The average molecular weight is 587 g/mol. The summed E-state index contributed by atoms with van der Waals surface area (Å²) in [7, 11) is 0. The highest BCUT2D eigenvalue weighted by molar-refractivity contribution is 5.32. The van der Waals surface area contributed by atoms with Crippen LogP contribution in [0.1, 0.15) is 131 Å². The summed E-state index contributed by atoms with van der Waals surface area (Å²) in [5.74, 6) is -0.480. The zero-order valence-corrected chi connectivity index (χ0v) is 25.0. The van der Waals surface area contributed by atoms with Crippen molar-refractivity contribution in [2.75, 3.05) is 13.2 Å². The van der Waals surface area contributed by atoms with Crippen LogP contribution in [0.5, 0.6) is 0 Å². The van der Waals surface area contributed by atoms with Crippen molar-refractivity contribution in [3.63, 3.8) is 0 Å². The van der Waals surface area contributed by atoms with Crippen molar-refractivity contribution in [1.82, 2.24) is 0 Å². The van der Waals surface area contributed by atoms with Gasteiger partial charge in [0.05, 0.1) is 12.7 Å². The number of hydrogen-bond acceptors (Lipinski definition) is 2. The third-order valence-electron chi connectivity index (χ3n) is 11.0. The van der Waals surface area contributed by atoms with E-state index in [4.69, 9.17) is 9.47 Å². The molecule has 4 fully saturated rings. The average Bonchev–Trinajstić information content (AvgIpc) is 3.86. The Balaban J connectivity index is 0.905. The molecule has 1 saturated heterocycles. The predicted octanol–water partition coefficient (Wildman–Crippen LogP) is 10.1. The van der Waals surface area contributed by atoms with E-state index >= 15 is 0 Å². The highest BCUT2D eigenvalue weighted by atomic mass is 19.2. The van der Waals surface area contributed by atoms with Crippen molar-refractivity contribution < 1.29 is 27.0 Å². The monoisotopic (exact) mass is 586 g/mol. The van der Waals surface area contributed by atoms with Crippen LogP contribution in [0.4, 0.5) is 17.6 Å². The quantitative estimate of drug-likeness (QED) is 0.215. The van der Waals surface area contributed by atoms with Crippen molar-refractivity contribution in [2.45, 2.75) is 121 Å². The number of ether oxygens (including phenoxy) is 2. The molecule has 2 aromatic rings. The third-order valence-corrected chi connectivity index (χ3v) is 11.0. The number of epoxide rings is 1. The first kappa shape index (κ1) is 30.1. The lowest BCUT2D eigenvalue weighted by molar-refractivity contribution is -0.00763. The molecule has 1 atom stereocenters. The van der Waals surface area contributed by atoms with Crippen LogP contribution in [0.15, 0.2) is 24.3 Å². The molecule has 0 radical (unpaired) electrons. The molecule has 1 aliphatic heterocycles. The van der Waals surface area contributed by atoms with E-state index in [-0.39, 0.29) is 24.0 Å². The maximum atomic E-state index is 14.8. The van der Waals surface area contributed by atoms with Gasteiger partial charge in [0.25, 0.3) is 0 Å². The van der Waals surface area contributed by atoms with Gasteiger partial charge in [0.1, 0.15) is 6.10 Å². The highest BCUT2D eigenvalue weighted by Gasteiger charge is 2.35. The fraction of sp³-hybridized carbons (Fsp3) is 0.667. The third kappa shape index (κ3) is 6.60. The zero-order valence-electron chi connectivity index (χ0n) is 25.0. The zero-order chi connectivity index (χ0) is 29.2. The second-order valence-corrected chi connectivity index (χ2v) is 13.6. The molecule has 6 heteroatoms. The lowest BCUT2D eigenvalue weighted by atomic mass is 9.68. The van der Waals surface area contributed by atoms with E-state index in [1.165, 1.54) is 25.7 Å². The standard InChI is InChI=1S/C36H46F4O2/c1-2-3-27-14-17-29(34(38)33(27)37)26-12-15-28(16-13-26)41-20-22-4-6-23(7-5-22)24-8-10-25(11-9-24)30-18-19-31(32-21-42-32)36(40)35(30)39/h14,17-19,22-26,28,32H,2-13,15-16,20-21H2,1H3. The van der Waals surface area contributed by atoms with Gasteiger partial charge in [-0.15, -0.1) is 0 Å². The maximum absolute atomic E-state index is 14.8. The SMILES string of the molecule is CCCc1ccc(C2CCC(OCC3CCC(C4CCC(c5ccc(C6CO6)c(F)c5F)CC4)CC3)CC2)c(F)c1F. The summed E-state index contributed by atoms with van der Waals surface area (Å²) in [6.45, 7) is 3.26. The first-order valence-corrected chi connectivity index (χ1v) is 16.6. The Morgan fingerprint density at radius 1 is 0.643 bits per heavy atom. The number of benzene rings is 2. The fourth-order valence-electron chi connectivity index (χ4n) is 8.29. The molecular weight excluding hydrogens is 540 g/mol. The van der Waals surface area contributed by atoms with Crippen LogP contribution in [0, 0.1) is 41.0 Å². The first-order chi connectivity index (χ1) is 20.4. The Bertz CT molecular complexity index is 1200. The van der Waals surface area contributed by atoms with E-state index < -0.39 is 23.3 Å². The van der Waals surface area contributed by atoms with E-state index in [0.717, 1.165) is 70.3 Å². The minimum absolute atomic E-state index is 0.0766. The molecule has 3 saturated carbocycles. The van der Waals surface area contributed by atoms with Gasteiger partial charge in [0.2, 0.25) is 0 Å². The molecule has 0 spiro atoms. The Hall–Kier alpha value is -1.92. The van der Waals surface area contributed by atoms with Crippen LogP contribution >= 0.6 is 0 Å². The Morgan fingerprint density at radius 2 is 1.14 bits per heavy atom. The molecular formula is C36H46F4O2. The second-order valence-electron chi connectivity index (χ2n) is 13.6. The van der Waals surface area contributed by atoms with E-state index in [2.05, 4.69) is 0 Å². The molecule has 6 rings (SSSR count). The van der Waals surface area contributed by atoms with Crippen LogP contribution < -0.4 is 0 Å². The summed E-state index contributed by atoms with van der Waals surface area (Å²) in [5, 5.41) is 0. The van der Waals surface area contributed by atoms with Crippen molar-refractivity contribution in [3.05, 3.63) is 69.8 Å². The highest BCUT2D eigenvalue weighted by Crippen LogP contribution is 2.45. The van der Waals surface area contributed by atoms with Crippen LogP contribution in [-0.2, 0) is 15.9 Å². The predicted molar refractivity (Wildman–Crippen MR) is 156 cm³/mol. The van der Waals surface area contributed by atoms with E-state index in [1.54, 1.807) is 24.3 Å². The minimum Gasteiger partial charge on any atom is -0.378 e. The van der Waals surface area contributed by atoms with Crippen LogP contribution in [0.25, 0.3) is 0 Å². The maximum Gasteiger partial charge on any atom is 0.165 e. The van der Waals surface area contributed by atoms with Crippen LogP contribution in [0.2, 0.25) is 0 Å². The molecule has 42 heavy (non-hydrogen) atoms. The summed E-state index contributed by atoms with van der Waals surface area (Å²) in [6.07, 6.45) is 13.7. The molecule has 0 aromatic heterocycles. The molecule has 1 unspecified atom stereocenters. The van der Waals surface area contributed by atoms with Gasteiger partial charge in [-0.1, -0.05) is 37.6 Å². The summed E-state index contributed by atoms with van der Waals surface area (Å²) >= 11 is 0. The number of hydrogen-bond donors (Lipinski definition) is 0. The summed E-state index contributed by atoms with van der Waals surface area (Å²) in [6, 6.07) is 7.09. The Labute approximate surface area is 248 Å². The fourth-order valence-corrected chi connectivity index (χ4v) is 8.29. The summed E-state index contributed by atoms with van der Waals surface area (Å²) in [4.78, 5) is 0. The van der Waals surface area contributed by atoms with Gasteiger partial charge in [-0.05, 0) is 130 Å². The Kier molecular flexibility index (Phi) is 9.60.